The van der Waals surface area contributed by atoms with E-state index >= 15 is 0 Å². The number of unbranched alkanes of at least 4 members (excludes halogenated alkanes) is 1. The van der Waals surface area contributed by atoms with Crippen LogP contribution < -0.4 is 10.1 Å². The zero-order valence-electron chi connectivity index (χ0n) is 13.2. The Morgan fingerprint density at radius 2 is 1.73 bits per heavy atom. The third kappa shape index (κ3) is 5.17. The average molecular weight is 299 g/mol. The fourth-order valence-electron chi connectivity index (χ4n) is 2.51. The van der Waals surface area contributed by atoms with Crippen molar-refractivity contribution in [1.29, 1.82) is 0 Å². The molecule has 0 aromatic heterocycles. The molecular weight excluding hydrogens is 274 g/mol. The summed E-state index contributed by atoms with van der Waals surface area (Å²) in [5.41, 5.74) is 2.58. The van der Waals surface area contributed by atoms with Crippen molar-refractivity contribution in [2.75, 3.05) is 20.3 Å². The molecular formula is C19H25NO2. The number of rotatable bonds is 9. The highest BCUT2D eigenvalue weighted by atomic mass is 16.5. The zero-order chi connectivity index (χ0) is 15.6. The smallest absolute Gasteiger partial charge is 0.118 e. The van der Waals surface area contributed by atoms with Crippen molar-refractivity contribution in [1.82, 2.24) is 5.32 Å². The Bertz CT molecular complexity index is 525. The van der Waals surface area contributed by atoms with Crippen LogP contribution in [0.15, 0.2) is 54.6 Å². The van der Waals surface area contributed by atoms with E-state index in [-0.39, 0.29) is 12.6 Å². The Morgan fingerprint density at radius 3 is 2.36 bits per heavy atom. The molecule has 0 bridgehead atoms. The SMILES string of the molecule is COc1ccc(C(Cc2ccccc2)NCCCCO)cc1. The van der Waals surface area contributed by atoms with Crippen LogP contribution in [0.4, 0.5) is 0 Å². The van der Waals surface area contributed by atoms with E-state index in [0.717, 1.165) is 31.6 Å². The molecule has 1 unspecified atom stereocenters. The molecule has 2 rings (SSSR count). The number of ether oxygens (including phenoxy) is 1. The predicted octanol–water partition coefficient (Wildman–Crippen LogP) is 3.34. The maximum absolute atomic E-state index is 8.90. The van der Waals surface area contributed by atoms with Crippen molar-refractivity contribution in [2.45, 2.75) is 25.3 Å². The monoisotopic (exact) mass is 299 g/mol. The molecule has 0 saturated carbocycles. The molecule has 0 aliphatic heterocycles. The highest BCUT2D eigenvalue weighted by Gasteiger charge is 2.11. The highest BCUT2D eigenvalue weighted by Crippen LogP contribution is 2.21. The topological polar surface area (TPSA) is 41.5 Å². The maximum atomic E-state index is 8.90. The summed E-state index contributed by atoms with van der Waals surface area (Å²) in [5, 5.41) is 12.5. The second kappa shape index (κ2) is 9.23. The molecule has 0 radical (unpaired) electrons. The van der Waals surface area contributed by atoms with Gasteiger partial charge in [0, 0.05) is 12.6 Å². The van der Waals surface area contributed by atoms with E-state index in [1.807, 2.05) is 18.2 Å². The molecule has 2 N–H and O–H groups in total. The number of methoxy groups -OCH3 is 1. The molecule has 0 aliphatic rings. The molecule has 2 aromatic rings. The molecule has 2 aromatic carbocycles. The molecule has 0 amide bonds. The third-order valence-corrected chi connectivity index (χ3v) is 3.78. The summed E-state index contributed by atoms with van der Waals surface area (Å²) in [4.78, 5) is 0. The normalized spacial score (nSPS) is 12.1. The van der Waals surface area contributed by atoms with Gasteiger partial charge in [-0.15, -0.1) is 0 Å². The second-order valence-electron chi connectivity index (χ2n) is 5.40. The number of hydrogen-bond acceptors (Lipinski definition) is 3. The number of aliphatic hydroxyl groups excluding tert-OH is 1. The van der Waals surface area contributed by atoms with E-state index in [1.54, 1.807) is 7.11 Å². The molecule has 22 heavy (non-hydrogen) atoms. The Labute approximate surface area is 133 Å². The van der Waals surface area contributed by atoms with E-state index in [4.69, 9.17) is 9.84 Å². The van der Waals surface area contributed by atoms with Gasteiger partial charge >= 0.3 is 0 Å². The van der Waals surface area contributed by atoms with Crippen LogP contribution >= 0.6 is 0 Å². The van der Waals surface area contributed by atoms with E-state index in [1.165, 1.54) is 11.1 Å². The maximum Gasteiger partial charge on any atom is 0.118 e. The van der Waals surface area contributed by atoms with Crippen molar-refractivity contribution in [2.24, 2.45) is 0 Å². The van der Waals surface area contributed by atoms with Crippen molar-refractivity contribution in [3.05, 3.63) is 65.7 Å². The quantitative estimate of drug-likeness (QED) is 0.698. The van der Waals surface area contributed by atoms with Gasteiger partial charge < -0.3 is 15.2 Å². The molecule has 3 nitrogen and oxygen atoms in total. The molecule has 0 saturated heterocycles. The second-order valence-corrected chi connectivity index (χ2v) is 5.40. The summed E-state index contributed by atoms with van der Waals surface area (Å²) in [6.45, 7) is 1.16. The van der Waals surface area contributed by atoms with Crippen LogP contribution in [0.25, 0.3) is 0 Å². The molecule has 0 heterocycles. The van der Waals surface area contributed by atoms with Crippen LogP contribution in [0.2, 0.25) is 0 Å². The van der Waals surface area contributed by atoms with Crippen LogP contribution in [0.5, 0.6) is 5.75 Å². The van der Waals surface area contributed by atoms with Gasteiger partial charge in [-0.05, 0) is 49.1 Å². The largest absolute Gasteiger partial charge is 0.497 e. The van der Waals surface area contributed by atoms with Crippen molar-refractivity contribution < 1.29 is 9.84 Å². The Morgan fingerprint density at radius 1 is 1.00 bits per heavy atom. The first-order valence-electron chi connectivity index (χ1n) is 7.85. The van der Waals surface area contributed by atoms with Crippen LogP contribution in [0.1, 0.15) is 30.0 Å². The molecule has 1 atom stereocenters. The van der Waals surface area contributed by atoms with Crippen LogP contribution in [0, 0.1) is 0 Å². The molecule has 0 fully saturated rings. The number of aliphatic hydroxyl groups is 1. The number of hydrogen-bond donors (Lipinski definition) is 2. The summed E-state index contributed by atoms with van der Waals surface area (Å²) in [7, 11) is 1.68. The molecule has 118 valence electrons. The first-order chi connectivity index (χ1) is 10.8. The zero-order valence-corrected chi connectivity index (χ0v) is 13.2. The predicted molar refractivity (Wildman–Crippen MR) is 90.2 cm³/mol. The first-order valence-corrected chi connectivity index (χ1v) is 7.85. The van der Waals surface area contributed by atoms with Gasteiger partial charge in [0.25, 0.3) is 0 Å². The summed E-state index contributed by atoms with van der Waals surface area (Å²) in [6, 6.07) is 19.0. The van der Waals surface area contributed by atoms with E-state index < -0.39 is 0 Å². The summed E-state index contributed by atoms with van der Waals surface area (Å²) < 4.78 is 5.23. The van der Waals surface area contributed by atoms with Gasteiger partial charge in [0.2, 0.25) is 0 Å². The Kier molecular flexibility index (Phi) is 6.94. The average Bonchev–Trinajstić information content (AvgIpc) is 2.59. The van der Waals surface area contributed by atoms with Crippen LogP contribution in [-0.2, 0) is 6.42 Å². The lowest BCUT2D eigenvalue weighted by Crippen LogP contribution is -2.24. The third-order valence-electron chi connectivity index (χ3n) is 3.78. The fraction of sp³-hybridized carbons (Fsp3) is 0.368. The standard InChI is InChI=1S/C19H25NO2/c1-22-18-11-9-17(10-12-18)19(20-13-5-6-14-21)15-16-7-3-2-4-8-16/h2-4,7-12,19-21H,5-6,13-15H2,1H3. The fourth-order valence-corrected chi connectivity index (χ4v) is 2.51. The minimum absolute atomic E-state index is 0.258. The summed E-state index contributed by atoms with van der Waals surface area (Å²) in [6.07, 6.45) is 2.78. The molecule has 0 aliphatic carbocycles. The number of nitrogens with one attached hydrogen (secondary N) is 1. The molecule has 0 spiro atoms. The van der Waals surface area contributed by atoms with E-state index in [2.05, 4.69) is 41.7 Å². The van der Waals surface area contributed by atoms with Gasteiger partial charge in [-0.2, -0.15) is 0 Å². The van der Waals surface area contributed by atoms with Gasteiger partial charge in [-0.25, -0.2) is 0 Å². The minimum Gasteiger partial charge on any atom is -0.497 e. The van der Waals surface area contributed by atoms with Crippen molar-refractivity contribution in [3.8, 4) is 5.75 Å². The first kappa shape index (κ1) is 16.5. The van der Waals surface area contributed by atoms with Gasteiger partial charge in [0.15, 0.2) is 0 Å². The van der Waals surface area contributed by atoms with Crippen molar-refractivity contribution in [3.63, 3.8) is 0 Å². The summed E-state index contributed by atoms with van der Waals surface area (Å²) in [5.74, 6) is 0.877. The molecule has 3 heteroatoms. The highest BCUT2D eigenvalue weighted by molar-refractivity contribution is 5.30. The minimum atomic E-state index is 0.258. The van der Waals surface area contributed by atoms with Gasteiger partial charge in [-0.3, -0.25) is 0 Å². The van der Waals surface area contributed by atoms with Gasteiger partial charge in [0.05, 0.1) is 7.11 Å². The Balaban J connectivity index is 2.05. The van der Waals surface area contributed by atoms with Crippen molar-refractivity contribution >= 4 is 0 Å². The number of benzene rings is 2. The van der Waals surface area contributed by atoms with Gasteiger partial charge in [-0.1, -0.05) is 42.5 Å². The lowest BCUT2D eigenvalue weighted by atomic mass is 9.98. The van der Waals surface area contributed by atoms with Gasteiger partial charge in [0.1, 0.15) is 5.75 Å². The summed E-state index contributed by atoms with van der Waals surface area (Å²) >= 11 is 0. The Hall–Kier alpha value is -1.84. The van der Waals surface area contributed by atoms with Crippen LogP contribution in [0.3, 0.4) is 0 Å². The lowest BCUT2D eigenvalue weighted by Gasteiger charge is -2.20. The van der Waals surface area contributed by atoms with E-state index in [0.29, 0.717) is 0 Å². The van der Waals surface area contributed by atoms with E-state index in [9.17, 15) is 0 Å². The lowest BCUT2D eigenvalue weighted by molar-refractivity contribution is 0.282. The van der Waals surface area contributed by atoms with Crippen LogP contribution in [-0.4, -0.2) is 25.4 Å².